The van der Waals surface area contributed by atoms with Crippen LogP contribution < -0.4 is 0 Å². The molecule has 2 nitrogen and oxygen atoms in total. The topological polar surface area (TPSA) is 18.5 Å². The summed E-state index contributed by atoms with van der Waals surface area (Å²) in [6, 6.07) is 0. The van der Waals surface area contributed by atoms with Crippen molar-refractivity contribution < 1.29 is 9.47 Å². The van der Waals surface area contributed by atoms with Gasteiger partial charge < -0.3 is 9.47 Å². The Balaban J connectivity index is 1.51. The van der Waals surface area contributed by atoms with Crippen LogP contribution >= 0.6 is 0 Å². The maximum absolute atomic E-state index is 6.77. The van der Waals surface area contributed by atoms with E-state index in [-0.39, 0.29) is 11.2 Å². The monoisotopic (exact) mass is 392 g/mol. The third kappa shape index (κ3) is 5.54. The van der Waals surface area contributed by atoms with Crippen molar-refractivity contribution in [3.05, 3.63) is 0 Å². The number of fused-ring (bicyclic) bond motifs is 2. The molecular weight excluding hydrogens is 344 g/mol. The zero-order valence-electron chi connectivity index (χ0n) is 19.9. The predicted molar refractivity (Wildman–Crippen MR) is 119 cm³/mol. The third-order valence-electron chi connectivity index (χ3n) is 8.33. The van der Waals surface area contributed by atoms with Gasteiger partial charge in [0.2, 0.25) is 0 Å². The normalized spacial score (nSPS) is 40.1. The second-order valence-corrected chi connectivity index (χ2v) is 11.8. The quantitative estimate of drug-likeness (QED) is 0.428. The van der Waals surface area contributed by atoms with Crippen molar-refractivity contribution in [1.29, 1.82) is 0 Å². The lowest BCUT2D eigenvalue weighted by Gasteiger charge is -2.47. The molecule has 3 saturated carbocycles. The van der Waals surface area contributed by atoms with Crippen LogP contribution in [0.3, 0.4) is 0 Å². The lowest BCUT2D eigenvalue weighted by molar-refractivity contribution is -0.127. The average molecular weight is 393 g/mol. The van der Waals surface area contributed by atoms with Gasteiger partial charge in [-0.15, -0.1) is 0 Å². The molecule has 28 heavy (non-hydrogen) atoms. The minimum Gasteiger partial charge on any atom is -0.372 e. The maximum atomic E-state index is 6.77. The Morgan fingerprint density at radius 2 is 1.64 bits per heavy atom. The van der Waals surface area contributed by atoms with Gasteiger partial charge in [0.25, 0.3) is 0 Å². The first-order chi connectivity index (χ1) is 13.1. The van der Waals surface area contributed by atoms with E-state index in [4.69, 9.17) is 9.47 Å². The van der Waals surface area contributed by atoms with Gasteiger partial charge in [-0.05, 0) is 128 Å². The SMILES string of the molecule is CCC1(OC(C)C)CCC(CC(C)OC(C)(C)C2CC3CC(C)CC(C3)C2)C1. The Labute approximate surface area is 175 Å². The van der Waals surface area contributed by atoms with Crippen molar-refractivity contribution in [2.75, 3.05) is 0 Å². The van der Waals surface area contributed by atoms with E-state index in [9.17, 15) is 0 Å². The summed E-state index contributed by atoms with van der Waals surface area (Å²) >= 11 is 0. The fourth-order valence-corrected chi connectivity index (χ4v) is 7.29. The Hall–Kier alpha value is -0.0800. The largest absolute Gasteiger partial charge is 0.372 e. The van der Waals surface area contributed by atoms with Gasteiger partial charge in [0, 0.05) is 0 Å². The van der Waals surface area contributed by atoms with Crippen molar-refractivity contribution >= 4 is 0 Å². The zero-order chi connectivity index (χ0) is 20.5. The zero-order valence-corrected chi connectivity index (χ0v) is 19.9. The lowest BCUT2D eigenvalue weighted by Crippen LogP contribution is -2.43. The highest BCUT2D eigenvalue weighted by molar-refractivity contribution is 4.94. The van der Waals surface area contributed by atoms with Crippen LogP contribution in [0.5, 0.6) is 0 Å². The summed E-state index contributed by atoms with van der Waals surface area (Å²) < 4.78 is 13.1. The highest BCUT2D eigenvalue weighted by Crippen LogP contribution is 2.49. The van der Waals surface area contributed by atoms with Gasteiger partial charge in [0.15, 0.2) is 0 Å². The number of ether oxygens (including phenoxy) is 2. The van der Waals surface area contributed by atoms with E-state index in [1.807, 2.05) is 0 Å². The molecule has 0 aromatic heterocycles. The van der Waals surface area contributed by atoms with E-state index in [1.54, 1.807) is 0 Å². The molecule has 164 valence electrons. The Kier molecular flexibility index (Phi) is 7.24. The highest BCUT2D eigenvalue weighted by Gasteiger charge is 2.43. The van der Waals surface area contributed by atoms with E-state index < -0.39 is 0 Å². The second kappa shape index (κ2) is 8.96. The summed E-state index contributed by atoms with van der Waals surface area (Å²) in [7, 11) is 0. The predicted octanol–water partition coefficient (Wildman–Crippen LogP) is 7.40. The molecule has 0 aromatic carbocycles. The van der Waals surface area contributed by atoms with Crippen LogP contribution in [0.25, 0.3) is 0 Å². The summed E-state index contributed by atoms with van der Waals surface area (Å²) in [6.45, 7) is 16.2. The van der Waals surface area contributed by atoms with Crippen molar-refractivity contribution in [1.82, 2.24) is 0 Å². The number of hydrogen-bond acceptors (Lipinski definition) is 2. The van der Waals surface area contributed by atoms with Crippen LogP contribution in [0.15, 0.2) is 0 Å². The van der Waals surface area contributed by atoms with Crippen LogP contribution in [-0.2, 0) is 9.47 Å². The van der Waals surface area contributed by atoms with Crippen molar-refractivity contribution in [2.24, 2.45) is 29.6 Å². The molecule has 0 aliphatic heterocycles. The van der Waals surface area contributed by atoms with Gasteiger partial charge in [-0.3, -0.25) is 0 Å². The van der Waals surface area contributed by atoms with E-state index in [1.165, 1.54) is 57.8 Å². The minimum atomic E-state index is 0.0196. The molecule has 0 saturated heterocycles. The fourth-order valence-electron chi connectivity index (χ4n) is 7.29. The molecule has 0 spiro atoms. The molecule has 2 heteroatoms. The van der Waals surface area contributed by atoms with Gasteiger partial charge in [-0.1, -0.05) is 13.8 Å². The first kappa shape index (κ1) is 22.6. The van der Waals surface area contributed by atoms with E-state index in [2.05, 4.69) is 48.5 Å². The average Bonchev–Trinajstić information content (AvgIpc) is 2.95. The standard InChI is InChI=1S/C26H48O2/c1-8-26(27-18(2)3)10-9-21(17-26)13-20(5)28-25(6,7)24-15-22-11-19(4)12-23(14-22)16-24/h18-24H,8-17H2,1-7H3. The molecule has 0 amide bonds. The van der Waals surface area contributed by atoms with Gasteiger partial charge >= 0.3 is 0 Å². The molecule has 3 rings (SSSR count). The van der Waals surface area contributed by atoms with Crippen molar-refractivity contribution in [2.45, 2.75) is 136 Å². The smallest absolute Gasteiger partial charge is 0.0686 e. The van der Waals surface area contributed by atoms with Gasteiger partial charge in [0.1, 0.15) is 0 Å². The van der Waals surface area contributed by atoms with Crippen molar-refractivity contribution in [3.63, 3.8) is 0 Å². The van der Waals surface area contributed by atoms with Gasteiger partial charge in [-0.25, -0.2) is 0 Å². The minimum absolute atomic E-state index is 0.0196. The molecule has 3 fully saturated rings. The fraction of sp³-hybridized carbons (Fsp3) is 1.00. The maximum Gasteiger partial charge on any atom is 0.0686 e. The Morgan fingerprint density at radius 3 is 2.21 bits per heavy atom. The number of hydrogen-bond donors (Lipinski definition) is 0. The molecule has 3 aliphatic carbocycles. The molecule has 2 bridgehead atoms. The van der Waals surface area contributed by atoms with E-state index >= 15 is 0 Å². The first-order valence-corrected chi connectivity index (χ1v) is 12.5. The first-order valence-electron chi connectivity index (χ1n) is 12.5. The molecule has 5 atom stereocenters. The van der Waals surface area contributed by atoms with Crippen molar-refractivity contribution in [3.8, 4) is 0 Å². The van der Waals surface area contributed by atoms with Crippen LogP contribution in [0.4, 0.5) is 0 Å². The summed E-state index contributed by atoms with van der Waals surface area (Å²) in [5.74, 6) is 4.37. The Bertz CT molecular complexity index is 481. The molecular formula is C26H48O2. The molecule has 0 heterocycles. The van der Waals surface area contributed by atoms with E-state index in [0.717, 1.165) is 36.0 Å². The molecule has 0 N–H and O–H groups in total. The van der Waals surface area contributed by atoms with Crippen LogP contribution in [0, 0.1) is 29.6 Å². The third-order valence-corrected chi connectivity index (χ3v) is 8.33. The summed E-state index contributed by atoms with van der Waals surface area (Å²) in [4.78, 5) is 0. The van der Waals surface area contributed by atoms with Crippen LogP contribution in [0.1, 0.15) is 113 Å². The van der Waals surface area contributed by atoms with E-state index in [0.29, 0.717) is 12.2 Å². The number of rotatable bonds is 8. The molecule has 5 unspecified atom stereocenters. The summed E-state index contributed by atoms with van der Waals surface area (Å²) in [5.41, 5.74) is 0.150. The highest BCUT2D eigenvalue weighted by atomic mass is 16.5. The van der Waals surface area contributed by atoms with Gasteiger partial charge in [0.05, 0.1) is 23.4 Å². The molecule has 0 radical (unpaired) electrons. The summed E-state index contributed by atoms with van der Waals surface area (Å²) in [6.07, 6.45) is 14.0. The van der Waals surface area contributed by atoms with Crippen LogP contribution in [-0.4, -0.2) is 23.4 Å². The lowest BCUT2D eigenvalue weighted by atomic mass is 9.62. The molecule has 3 aliphatic rings. The second-order valence-electron chi connectivity index (χ2n) is 11.8. The molecule has 0 aromatic rings. The summed E-state index contributed by atoms with van der Waals surface area (Å²) in [5, 5.41) is 0. The van der Waals surface area contributed by atoms with Crippen LogP contribution in [0.2, 0.25) is 0 Å². The Morgan fingerprint density at radius 1 is 1.00 bits per heavy atom. The van der Waals surface area contributed by atoms with Gasteiger partial charge in [-0.2, -0.15) is 0 Å².